The Morgan fingerprint density at radius 3 is 2.48 bits per heavy atom. The highest BCUT2D eigenvalue weighted by Gasteiger charge is 2.38. The minimum Gasteiger partial charge on any atom is -0.357 e. The summed E-state index contributed by atoms with van der Waals surface area (Å²) in [6.07, 6.45) is 11.8. The molecule has 2 fully saturated rings. The fraction of sp³-hybridized carbons (Fsp3) is 0.500. The molecule has 2 saturated heterocycles. The van der Waals surface area contributed by atoms with E-state index in [1.165, 1.54) is 31.2 Å². The van der Waals surface area contributed by atoms with Gasteiger partial charge in [0.1, 0.15) is 5.82 Å². The lowest BCUT2D eigenvalue weighted by Crippen LogP contribution is -2.50. The fourth-order valence-electron chi connectivity index (χ4n) is 5.19. The molecule has 5 rings (SSSR count). The molecule has 3 aliphatic rings. The molecule has 6 nitrogen and oxygen atoms in total. The number of hydrazone groups is 1. The molecule has 0 bridgehead atoms. The van der Waals surface area contributed by atoms with E-state index in [-0.39, 0.29) is 0 Å². The molecule has 1 spiro atoms. The molecule has 0 amide bonds. The van der Waals surface area contributed by atoms with Crippen LogP contribution < -0.4 is 10.3 Å². The average molecular weight is 435 g/mol. The molecule has 0 aromatic carbocycles. The molecular formula is C24H30N6S. The molecule has 1 aliphatic carbocycles. The highest BCUT2D eigenvalue weighted by atomic mass is 32.1. The zero-order valence-corrected chi connectivity index (χ0v) is 18.8. The lowest BCUT2D eigenvalue weighted by molar-refractivity contribution is 0.113. The number of likely N-dealkylation sites (tertiary alicyclic amines) is 1. The van der Waals surface area contributed by atoms with Crippen LogP contribution in [0.15, 0.2) is 47.8 Å². The second-order valence-corrected chi connectivity index (χ2v) is 9.39. The minimum atomic E-state index is 0.454. The van der Waals surface area contributed by atoms with Crippen LogP contribution >= 0.6 is 12.2 Å². The first-order valence-electron chi connectivity index (χ1n) is 11.4. The summed E-state index contributed by atoms with van der Waals surface area (Å²) in [7, 11) is 0. The Kier molecular flexibility index (Phi) is 5.85. The summed E-state index contributed by atoms with van der Waals surface area (Å²) >= 11 is 5.68. The van der Waals surface area contributed by atoms with Crippen molar-refractivity contribution in [1.29, 1.82) is 0 Å². The quantitative estimate of drug-likeness (QED) is 0.574. The maximum absolute atomic E-state index is 5.68. The molecule has 0 unspecified atom stereocenters. The van der Waals surface area contributed by atoms with Gasteiger partial charge in [-0.05, 0) is 86.3 Å². The topological polar surface area (TPSA) is 56.7 Å². The van der Waals surface area contributed by atoms with Crippen LogP contribution in [0.25, 0.3) is 0 Å². The van der Waals surface area contributed by atoms with Gasteiger partial charge < -0.3 is 9.80 Å². The van der Waals surface area contributed by atoms with Crippen molar-refractivity contribution < 1.29 is 0 Å². The van der Waals surface area contributed by atoms with Crippen LogP contribution in [0.5, 0.6) is 0 Å². The second-order valence-electron chi connectivity index (χ2n) is 9.00. The Hall–Kier alpha value is -2.54. The third-order valence-electron chi connectivity index (χ3n) is 7.22. The van der Waals surface area contributed by atoms with Gasteiger partial charge in [0.25, 0.3) is 0 Å². The normalized spacial score (nSPS) is 21.7. The van der Waals surface area contributed by atoms with Gasteiger partial charge in [0.05, 0.1) is 11.4 Å². The average Bonchev–Trinajstić information content (AvgIpc) is 2.84. The van der Waals surface area contributed by atoms with E-state index in [2.05, 4.69) is 48.5 Å². The first-order chi connectivity index (χ1) is 15.2. The molecule has 2 aromatic rings. The van der Waals surface area contributed by atoms with Crippen molar-refractivity contribution in [1.82, 2.24) is 20.3 Å². The lowest BCUT2D eigenvalue weighted by atomic mass is 9.71. The first kappa shape index (κ1) is 20.4. The highest BCUT2D eigenvalue weighted by molar-refractivity contribution is 7.80. The summed E-state index contributed by atoms with van der Waals surface area (Å²) < 4.78 is 0. The van der Waals surface area contributed by atoms with Crippen LogP contribution in [0.1, 0.15) is 49.8 Å². The van der Waals surface area contributed by atoms with E-state index in [0.29, 0.717) is 5.41 Å². The SMILES string of the molecule is S=C(N/N=C1/CCCc2cccnc21)N1CCC2(CC1)CCN(c1ccccn1)CC2. The van der Waals surface area contributed by atoms with E-state index in [4.69, 9.17) is 12.2 Å². The van der Waals surface area contributed by atoms with Gasteiger partial charge in [-0.1, -0.05) is 12.1 Å². The third kappa shape index (κ3) is 4.42. The Labute approximate surface area is 189 Å². The molecule has 4 heterocycles. The molecule has 0 atom stereocenters. The maximum Gasteiger partial charge on any atom is 0.189 e. The number of nitrogens with zero attached hydrogens (tertiary/aromatic N) is 5. The standard InChI is InChI=1S/C24H30N6S/c31-23(28-27-20-7-3-5-19-6-4-14-26-22(19)20)30-17-11-24(12-18-30)9-15-29(16-10-24)21-8-1-2-13-25-21/h1-2,4,6,8,13-14H,3,5,7,9-12,15-18H2,(H,28,31)/b27-20-. The number of fused-ring (bicyclic) bond motifs is 1. The van der Waals surface area contributed by atoms with Crippen molar-refractivity contribution in [2.45, 2.75) is 44.9 Å². The second kappa shape index (κ2) is 8.91. The molecular weight excluding hydrogens is 404 g/mol. The summed E-state index contributed by atoms with van der Waals surface area (Å²) in [6.45, 7) is 4.21. The fourth-order valence-corrected chi connectivity index (χ4v) is 5.42. The summed E-state index contributed by atoms with van der Waals surface area (Å²) in [5.74, 6) is 1.11. The predicted octanol–water partition coefficient (Wildman–Crippen LogP) is 3.77. The summed E-state index contributed by atoms with van der Waals surface area (Å²) in [5, 5.41) is 5.40. The van der Waals surface area contributed by atoms with Crippen LogP contribution in [0.3, 0.4) is 0 Å². The molecule has 0 saturated carbocycles. The number of aryl methyl sites for hydroxylation is 1. The Morgan fingerprint density at radius 2 is 1.71 bits per heavy atom. The van der Waals surface area contributed by atoms with E-state index in [1.807, 2.05) is 24.5 Å². The Morgan fingerprint density at radius 1 is 0.935 bits per heavy atom. The zero-order valence-electron chi connectivity index (χ0n) is 18.0. The number of anilines is 1. The molecule has 162 valence electrons. The predicted molar refractivity (Wildman–Crippen MR) is 128 cm³/mol. The van der Waals surface area contributed by atoms with Gasteiger partial charge >= 0.3 is 0 Å². The number of hydrogen-bond donors (Lipinski definition) is 1. The molecule has 2 aliphatic heterocycles. The number of hydrogen-bond acceptors (Lipinski definition) is 5. The first-order valence-corrected chi connectivity index (χ1v) is 11.9. The van der Waals surface area contributed by atoms with Crippen molar-refractivity contribution >= 4 is 28.9 Å². The van der Waals surface area contributed by atoms with E-state index in [9.17, 15) is 0 Å². The summed E-state index contributed by atoms with van der Waals surface area (Å²) in [5.41, 5.74) is 6.97. The van der Waals surface area contributed by atoms with Crippen molar-refractivity contribution in [3.8, 4) is 0 Å². The van der Waals surface area contributed by atoms with Gasteiger partial charge in [0.15, 0.2) is 5.11 Å². The summed E-state index contributed by atoms with van der Waals surface area (Å²) in [6, 6.07) is 10.3. The van der Waals surface area contributed by atoms with Crippen molar-refractivity contribution in [2.24, 2.45) is 10.5 Å². The molecule has 2 aromatic heterocycles. The van der Waals surface area contributed by atoms with Crippen molar-refractivity contribution in [3.63, 3.8) is 0 Å². The molecule has 31 heavy (non-hydrogen) atoms. The van der Waals surface area contributed by atoms with Gasteiger partial charge in [-0.2, -0.15) is 5.10 Å². The Bertz CT molecular complexity index is 942. The smallest absolute Gasteiger partial charge is 0.189 e. The number of pyridine rings is 2. The summed E-state index contributed by atoms with van der Waals surface area (Å²) in [4.78, 5) is 13.8. The van der Waals surface area contributed by atoms with Crippen molar-refractivity contribution in [3.05, 3.63) is 54.0 Å². The van der Waals surface area contributed by atoms with E-state index in [1.54, 1.807) is 0 Å². The van der Waals surface area contributed by atoms with Gasteiger partial charge in [-0.25, -0.2) is 4.98 Å². The van der Waals surface area contributed by atoms with E-state index in [0.717, 1.165) is 67.8 Å². The molecule has 0 radical (unpaired) electrons. The Balaban J connectivity index is 1.14. The monoisotopic (exact) mass is 434 g/mol. The van der Waals surface area contributed by atoms with Gasteiger partial charge in [-0.3, -0.25) is 10.4 Å². The minimum absolute atomic E-state index is 0.454. The number of rotatable bonds is 2. The molecule has 7 heteroatoms. The van der Waals surface area contributed by atoms with Gasteiger partial charge in [-0.15, -0.1) is 0 Å². The van der Waals surface area contributed by atoms with Crippen LogP contribution in [0.4, 0.5) is 5.82 Å². The van der Waals surface area contributed by atoms with Gasteiger partial charge in [0.2, 0.25) is 0 Å². The van der Waals surface area contributed by atoms with Gasteiger partial charge in [0, 0.05) is 38.6 Å². The van der Waals surface area contributed by atoms with E-state index >= 15 is 0 Å². The van der Waals surface area contributed by atoms with Crippen LogP contribution in [0, 0.1) is 5.41 Å². The third-order valence-corrected chi connectivity index (χ3v) is 7.57. The van der Waals surface area contributed by atoms with Crippen molar-refractivity contribution in [2.75, 3.05) is 31.1 Å². The number of nitrogens with one attached hydrogen (secondary N) is 1. The highest BCUT2D eigenvalue weighted by Crippen LogP contribution is 2.41. The maximum atomic E-state index is 5.68. The number of piperidine rings is 2. The zero-order chi connectivity index (χ0) is 21.1. The largest absolute Gasteiger partial charge is 0.357 e. The molecule has 1 N–H and O–H groups in total. The van der Waals surface area contributed by atoms with Crippen LogP contribution in [-0.4, -0.2) is 51.9 Å². The number of thiocarbonyl (C=S) groups is 1. The van der Waals surface area contributed by atoms with Crippen LogP contribution in [0.2, 0.25) is 0 Å². The lowest BCUT2D eigenvalue weighted by Gasteiger charge is -2.47. The number of aromatic nitrogens is 2. The van der Waals surface area contributed by atoms with E-state index < -0.39 is 0 Å². The van der Waals surface area contributed by atoms with Crippen LogP contribution in [-0.2, 0) is 6.42 Å².